The fraction of sp³-hybridized carbons (Fsp3) is 0.417. The van der Waals surface area contributed by atoms with Crippen LogP contribution in [0.1, 0.15) is 12.0 Å². The molecule has 1 saturated heterocycles. The molecule has 3 rings (SSSR count). The fourth-order valence-corrected chi connectivity index (χ4v) is 2.78. The summed E-state index contributed by atoms with van der Waals surface area (Å²) in [6.07, 6.45) is 1.37. The molecule has 0 spiro atoms. The van der Waals surface area contributed by atoms with Crippen LogP contribution in [-0.2, 0) is 16.0 Å². The number of rotatable bonds is 2. The fourth-order valence-electron chi connectivity index (χ4n) is 2.12. The minimum atomic E-state index is -0.0919. The van der Waals surface area contributed by atoms with E-state index < -0.39 is 0 Å². The zero-order valence-corrected chi connectivity index (χ0v) is 11.2. The Morgan fingerprint density at radius 1 is 1.24 bits per heavy atom. The molecule has 2 aliphatic heterocycles. The number of benzene rings is 1. The van der Waals surface area contributed by atoms with Crippen molar-refractivity contribution >= 4 is 28.6 Å². The molecule has 0 radical (unpaired) electrons. The Bertz CT molecular complexity index is 472. The number of carbonyl (C=O) groups is 1. The molecule has 1 atom stereocenters. The standard InChI is InChI=1S/C12H11IO4/c13-9-4-11-10(16-6-17-11)3-8(9)1-7-2-12(14)15-5-7/h3-4,7H,1-2,5-6H2. The number of carbonyl (C=O) groups excluding carboxylic acids is 1. The molecule has 0 N–H and O–H groups in total. The first-order valence-electron chi connectivity index (χ1n) is 5.46. The van der Waals surface area contributed by atoms with E-state index >= 15 is 0 Å². The van der Waals surface area contributed by atoms with E-state index in [0.29, 0.717) is 19.8 Å². The van der Waals surface area contributed by atoms with E-state index in [1.165, 1.54) is 5.56 Å². The number of fused-ring (bicyclic) bond motifs is 1. The average Bonchev–Trinajstić information content (AvgIpc) is 2.88. The van der Waals surface area contributed by atoms with Crippen molar-refractivity contribution in [2.24, 2.45) is 5.92 Å². The first-order valence-corrected chi connectivity index (χ1v) is 6.54. The lowest BCUT2D eigenvalue weighted by Gasteiger charge is -2.09. The molecule has 1 aromatic rings. The zero-order chi connectivity index (χ0) is 11.8. The molecule has 2 heterocycles. The number of ether oxygens (including phenoxy) is 3. The van der Waals surface area contributed by atoms with Crippen LogP contribution >= 0.6 is 22.6 Å². The maximum absolute atomic E-state index is 11.0. The van der Waals surface area contributed by atoms with Gasteiger partial charge in [-0.05, 0) is 46.7 Å². The second kappa shape index (κ2) is 4.36. The summed E-state index contributed by atoms with van der Waals surface area (Å²) in [5, 5.41) is 0. The molecule has 1 aromatic carbocycles. The Hall–Kier alpha value is -0.980. The molecule has 0 aliphatic carbocycles. The lowest BCUT2D eigenvalue weighted by molar-refractivity contribution is -0.137. The zero-order valence-electron chi connectivity index (χ0n) is 9.07. The molecule has 90 valence electrons. The largest absolute Gasteiger partial charge is 0.465 e. The smallest absolute Gasteiger partial charge is 0.306 e. The third-order valence-electron chi connectivity index (χ3n) is 2.99. The van der Waals surface area contributed by atoms with E-state index in [2.05, 4.69) is 22.6 Å². The van der Waals surface area contributed by atoms with E-state index in [9.17, 15) is 4.79 Å². The highest BCUT2D eigenvalue weighted by Gasteiger charge is 2.25. The second-order valence-electron chi connectivity index (χ2n) is 4.25. The Morgan fingerprint density at radius 3 is 2.71 bits per heavy atom. The molecule has 1 unspecified atom stereocenters. The molecular formula is C12H11IO4. The van der Waals surface area contributed by atoms with Crippen LogP contribution in [-0.4, -0.2) is 19.4 Å². The summed E-state index contributed by atoms with van der Waals surface area (Å²) in [6.45, 7) is 0.823. The van der Waals surface area contributed by atoms with Gasteiger partial charge in [-0.3, -0.25) is 4.79 Å². The highest BCUT2D eigenvalue weighted by Crippen LogP contribution is 2.36. The maximum atomic E-state index is 11.0. The molecular weight excluding hydrogens is 335 g/mol. The van der Waals surface area contributed by atoms with Crippen molar-refractivity contribution in [1.82, 2.24) is 0 Å². The number of hydrogen-bond donors (Lipinski definition) is 0. The highest BCUT2D eigenvalue weighted by atomic mass is 127. The van der Waals surface area contributed by atoms with Gasteiger partial charge in [0.05, 0.1) is 13.0 Å². The van der Waals surface area contributed by atoms with Crippen LogP contribution in [0, 0.1) is 9.49 Å². The van der Waals surface area contributed by atoms with E-state index in [4.69, 9.17) is 14.2 Å². The quantitative estimate of drug-likeness (QED) is 0.608. The third-order valence-corrected chi connectivity index (χ3v) is 3.99. The number of hydrogen-bond acceptors (Lipinski definition) is 4. The first-order chi connectivity index (χ1) is 8.22. The van der Waals surface area contributed by atoms with E-state index in [1.54, 1.807) is 0 Å². The van der Waals surface area contributed by atoms with Gasteiger partial charge in [0.1, 0.15) is 0 Å². The summed E-state index contributed by atoms with van der Waals surface area (Å²) in [4.78, 5) is 11.0. The Kier molecular flexibility index (Phi) is 2.85. The van der Waals surface area contributed by atoms with Gasteiger partial charge in [0, 0.05) is 9.49 Å². The van der Waals surface area contributed by atoms with Crippen molar-refractivity contribution in [3.05, 3.63) is 21.3 Å². The van der Waals surface area contributed by atoms with Crippen molar-refractivity contribution in [2.45, 2.75) is 12.8 Å². The van der Waals surface area contributed by atoms with Crippen LogP contribution in [0.4, 0.5) is 0 Å². The predicted molar refractivity (Wildman–Crippen MR) is 68.1 cm³/mol. The van der Waals surface area contributed by atoms with Crippen LogP contribution in [0.5, 0.6) is 11.5 Å². The summed E-state index contributed by atoms with van der Waals surface area (Å²) in [7, 11) is 0. The first kappa shape index (κ1) is 11.1. The summed E-state index contributed by atoms with van der Waals surface area (Å²) in [5.74, 6) is 1.80. The highest BCUT2D eigenvalue weighted by molar-refractivity contribution is 14.1. The van der Waals surface area contributed by atoms with Gasteiger partial charge >= 0.3 is 5.97 Å². The Labute approximate surface area is 112 Å². The van der Waals surface area contributed by atoms with Crippen LogP contribution in [0.2, 0.25) is 0 Å². The average molecular weight is 346 g/mol. The van der Waals surface area contributed by atoms with Gasteiger partial charge in [-0.1, -0.05) is 0 Å². The number of esters is 1. The van der Waals surface area contributed by atoms with Crippen molar-refractivity contribution in [1.29, 1.82) is 0 Å². The second-order valence-corrected chi connectivity index (χ2v) is 5.42. The molecule has 0 saturated carbocycles. The van der Waals surface area contributed by atoms with Gasteiger partial charge in [-0.25, -0.2) is 0 Å². The number of halogens is 1. The summed E-state index contributed by atoms with van der Waals surface area (Å²) in [5.41, 5.74) is 1.19. The predicted octanol–water partition coefficient (Wildman–Crippen LogP) is 2.13. The molecule has 1 fully saturated rings. The molecule has 2 aliphatic rings. The van der Waals surface area contributed by atoms with Gasteiger partial charge in [0.25, 0.3) is 0 Å². The third kappa shape index (κ3) is 2.20. The van der Waals surface area contributed by atoms with Crippen LogP contribution in [0.15, 0.2) is 12.1 Å². The van der Waals surface area contributed by atoms with Crippen LogP contribution < -0.4 is 9.47 Å². The lowest BCUT2D eigenvalue weighted by atomic mass is 9.98. The van der Waals surface area contributed by atoms with Gasteiger partial charge in [0.15, 0.2) is 11.5 Å². The molecule has 17 heavy (non-hydrogen) atoms. The van der Waals surface area contributed by atoms with Crippen LogP contribution in [0.25, 0.3) is 0 Å². The molecule has 0 aromatic heterocycles. The number of cyclic esters (lactones) is 1. The Morgan fingerprint density at radius 2 is 2.00 bits per heavy atom. The monoisotopic (exact) mass is 346 g/mol. The van der Waals surface area contributed by atoms with Gasteiger partial charge in [-0.15, -0.1) is 0 Å². The van der Waals surface area contributed by atoms with E-state index in [1.807, 2.05) is 12.1 Å². The van der Waals surface area contributed by atoms with Crippen molar-refractivity contribution in [3.63, 3.8) is 0 Å². The summed E-state index contributed by atoms with van der Waals surface area (Å²) < 4.78 is 16.8. The molecule has 0 amide bonds. The van der Waals surface area contributed by atoms with Gasteiger partial charge < -0.3 is 14.2 Å². The normalized spacial score (nSPS) is 21.7. The SMILES string of the molecule is O=C1CC(Cc2cc3c(cc2I)OCO3)CO1. The van der Waals surface area contributed by atoms with E-state index in [-0.39, 0.29) is 11.9 Å². The molecule has 0 bridgehead atoms. The molecule has 5 heteroatoms. The minimum Gasteiger partial charge on any atom is -0.465 e. The molecule has 4 nitrogen and oxygen atoms in total. The van der Waals surface area contributed by atoms with Gasteiger partial charge in [0.2, 0.25) is 6.79 Å². The van der Waals surface area contributed by atoms with Crippen LogP contribution in [0.3, 0.4) is 0 Å². The summed E-state index contributed by atoms with van der Waals surface area (Å²) in [6, 6.07) is 3.99. The Balaban J connectivity index is 1.81. The maximum Gasteiger partial charge on any atom is 0.306 e. The van der Waals surface area contributed by atoms with Crippen molar-refractivity contribution < 1.29 is 19.0 Å². The van der Waals surface area contributed by atoms with Gasteiger partial charge in [-0.2, -0.15) is 0 Å². The van der Waals surface area contributed by atoms with E-state index in [0.717, 1.165) is 21.5 Å². The lowest BCUT2D eigenvalue weighted by Crippen LogP contribution is -2.05. The van der Waals surface area contributed by atoms with Crippen molar-refractivity contribution in [3.8, 4) is 11.5 Å². The minimum absolute atomic E-state index is 0.0919. The van der Waals surface area contributed by atoms with Crippen molar-refractivity contribution in [2.75, 3.05) is 13.4 Å². The summed E-state index contributed by atoms with van der Waals surface area (Å²) >= 11 is 2.28. The topological polar surface area (TPSA) is 44.8 Å².